The Bertz CT molecular complexity index is 52.6. The standard InChI is InChI=1S/C4H10N2/c1-2-3-4(5)6/h3H,2,5-6H2,1H3. The highest BCUT2D eigenvalue weighted by Gasteiger charge is 1.67. The van der Waals surface area contributed by atoms with Crippen LogP contribution < -0.4 is 11.5 Å². The minimum absolute atomic E-state index is 0.414. The molecule has 0 fully saturated rings. The third kappa shape index (κ3) is 3.34. The first-order valence-corrected chi connectivity index (χ1v) is 1.98. The molecule has 2 nitrogen and oxygen atoms in total. The van der Waals surface area contributed by atoms with E-state index in [1.807, 2.05) is 6.92 Å². The monoisotopic (exact) mass is 86.1 g/mol. The second-order valence-corrected chi connectivity index (χ2v) is 1.11. The SMILES string of the molecule is CCC=C(N)N. The number of hydrogen-bond donors (Lipinski definition) is 2. The van der Waals surface area contributed by atoms with Gasteiger partial charge in [0.2, 0.25) is 0 Å². The van der Waals surface area contributed by atoms with Crippen molar-refractivity contribution in [3.8, 4) is 0 Å². The molecule has 0 aromatic rings. The molecule has 6 heavy (non-hydrogen) atoms. The van der Waals surface area contributed by atoms with E-state index in [1.165, 1.54) is 0 Å². The van der Waals surface area contributed by atoms with Gasteiger partial charge in [-0.25, -0.2) is 0 Å². The van der Waals surface area contributed by atoms with Gasteiger partial charge in [-0.05, 0) is 12.5 Å². The molecule has 2 heteroatoms. The molecule has 0 bridgehead atoms. The summed E-state index contributed by atoms with van der Waals surface area (Å²) in [4.78, 5) is 0. The van der Waals surface area contributed by atoms with Crippen LogP contribution in [0.25, 0.3) is 0 Å². The Kier molecular flexibility index (Phi) is 2.29. The summed E-state index contributed by atoms with van der Waals surface area (Å²) in [6.45, 7) is 1.99. The van der Waals surface area contributed by atoms with Crippen LogP contribution in [0.2, 0.25) is 0 Å². The Labute approximate surface area is 37.8 Å². The third-order valence-electron chi connectivity index (χ3n) is 0.440. The normalized spacial score (nSPS) is 7.50. The van der Waals surface area contributed by atoms with Gasteiger partial charge < -0.3 is 11.5 Å². The zero-order valence-corrected chi connectivity index (χ0v) is 3.94. The number of hydrogen-bond acceptors (Lipinski definition) is 2. The van der Waals surface area contributed by atoms with Gasteiger partial charge in [-0.3, -0.25) is 0 Å². The van der Waals surface area contributed by atoms with Crippen molar-refractivity contribution >= 4 is 0 Å². The maximum atomic E-state index is 5.04. The molecule has 0 unspecified atom stereocenters. The zero-order chi connectivity index (χ0) is 4.99. The first-order chi connectivity index (χ1) is 2.77. The van der Waals surface area contributed by atoms with Crippen LogP contribution in [0.15, 0.2) is 11.9 Å². The highest BCUT2D eigenvalue weighted by Crippen LogP contribution is 1.75. The van der Waals surface area contributed by atoms with E-state index >= 15 is 0 Å². The zero-order valence-electron chi connectivity index (χ0n) is 3.94. The summed E-state index contributed by atoms with van der Waals surface area (Å²) in [5.74, 6) is 0.414. The molecule has 0 saturated carbocycles. The Balaban J connectivity index is 3.14. The largest absolute Gasteiger partial charge is 0.386 e. The van der Waals surface area contributed by atoms with Crippen LogP contribution in [0, 0.1) is 0 Å². The second-order valence-electron chi connectivity index (χ2n) is 1.11. The van der Waals surface area contributed by atoms with Gasteiger partial charge in [0.15, 0.2) is 0 Å². The van der Waals surface area contributed by atoms with Crippen molar-refractivity contribution in [3.63, 3.8) is 0 Å². The average molecular weight is 86.1 g/mol. The summed E-state index contributed by atoms with van der Waals surface area (Å²) in [5, 5.41) is 0. The maximum absolute atomic E-state index is 5.04. The van der Waals surface area contributed by atoms with Crippen LogP contribution in [-0.4, -0.2) is 0 Å². The van der Waals surface area contributed by atoms with Crippen molar-refractivity contribution in [2.24, 2.45) is 11.5 Å². The van der Waals surface area contributed by atoms with Crippen LogP contribution in [0.1, 0.15) is 13.3 Å². The lowest BCUT2D eigenvalue weighted by Gasteiger charge is -1.82. The summed E-state index contributed by atoms with van der Waals surface area (Å²) in [6, 6.07) is 0. The lowest BCUT2D eigenvalue weighted by atomic mass is 10.4. The van der Waals surface area contributed by atoms with E-state index in [0.717, 1.165) is 6.42 Å². The molecule has 0 spiro atoms. The number of allylic oxidation sites excluding steroid dienone is 1. The van der Waals surface area contributed by atoms with Crippen LogP contribution in [0.4, 0.5) is 0 Å². The Hall–Kier alpha value is -0.660. The first-order valence-electron chi connectivity index (χ1n) is 1.98. The fourth-order valence-electron chi connectivity index (χ4n) is 0.236. The quantitative estimate of drug-likeness (QED) is 0.477. The van der Waals surface area contributed by atoms with Gasteiger partial charge in [-0.2, -0.15) is 0 Å². The maximum Gasteiger partial charge on any atom is 0.0892 e. The Morgan fingerprint density at radius 3 is 2.17 bits per heavy atom. The minimum atomic E-state index is 0.414. The predicted molar refractivity (Wildman–Crippen MR) is 26.7 cm³/mol. The van der Waals surface area contributed by atoms with Crippen molar-refractivity contribution < 1.29 is 0 Å². The molecular formula is C4H10N2. The lowest BCUT2D eigenvalue weighted by Crippen LogP contribution is -2.06. The van der Waals surface area contributed by atoms with Gasteiger partial charge in [-0.15, -0.1) is 0 Å². The molecule has 0 aromatic heterocycles. The molecule has 0 radical (unpaired) electrons. The predicted octanol–water partition coefficient (Wildman–Crippen LogP) is 0.155. The number of nitrogens with two attached hydrogens (primary N) is 2. The van der Waals surface area contributed by atoms with Crippen LogP contribution in [-0.2, 0) is 0 Å². The van der Waals surface area contributed by atoms with Gasteiger partial charge >= 0.3 is 0 Å². The topological polar surface area (TPSA) is 52.0 Å². The molecule has 0 aliphatic heterocycles. The molecule has 0 aromatic carbocycles. The molecule has 0 amide bonds. The highest BCUT2D eigenvalue weighted by atomic mass is 14.8. The van der Waals surface area contributed by atoms with Crippen molar-refractivity contribution in [3.05, 3.63) is 11.9 Å². The van der Waals surface area contributed by atoms with Gasteiger partial charge in [-0.1, -0.05) is 6.92 Å². The van der Waals surface area contributed by atoms with Crippen LogP contribution in [0.5, 0.6) is 0 Å². The van der Waals surface area contributed by atoms with Crippen molar-refractivity contribution in [1.82, 2.24) is 0 Å². The van der Waals surface area contributed by atoms with Crippen molar-refractivity contribution in [2.75, 3.05) is 0 Å². The highest BCUT2D eigenvalue weighted by molar-refractivity contribution is 4.87. The molecule has 0 aliphatic rings. The summed E-state index contributed by atoms with van der Waals surface area (Å²) in [6.07, 6.45) is 2.68. The Morgan fingerprint density at radius 2 is 2.17 bits per heavy atom. The average Bonchev–Trinajstić information content (AvgIpc) is 1.35. The van der Waals surface area contributed by atoms with Crippen molar-refractivity contribution in [1.29, 1.82) is 0 Å². The van der Waals surface area contributed by atoms with E-state index in [-0.39, 0.29) is 0 Å². The Morgan fingerprint density at radius 1 is 1.67 bits per heavy atom. The van der Waals surface area contributed by atoms with E-state index in [1.54, 1.807) is 6.08 Å². The number of rotatable bonds is 1. The second kappa shape index (κ2) is 2.57. The fourth-order valence-corrected chi connectivity index (χ4v) is 0.236. The molecule has 0 rings (SSSR count). The van der Waals surface area contributed by atoms with Crippen molar-refractivity contribution in [2.45, 2.75) is 13.3 Å². The van der Waals surface area contributed by atoms with E-state index < -0.39 is 0 Å². The smallest absolute Gasteiger partial charge is 0.0892 e. The summed E-state index contributed by atoms with van der Waals surface area (Å²) < 4.78 is 0. The van der Waals surface area contributed by atoms with Crippen LogP contribution in [0.3, 0.4) is 0 Å². The summed E-state index contributed by atoms with van der Waals surface area (Å²) >= 11 is 0. The molecule has 0 heterocycles. The van der Waals surface area contributed by atoms with E-state index in [0.29, 0.717) is 5.82 Å². The minimum Gasteiger partial charge on any atom is -0.386 e. The lowest BCUT2D eigenvalue weighted by molar-refractivity contribution is 1.13. The van der Waals surface area contributed by atoms with E-state index in [9.17, 15) is 0 Å². The molecule has 36 valence electrons. The van der Waals surface area contributed by atoms with Gasteiger partial charge in [0.1, 0.15) is 0 Å². The van der Waals surface area contributed by atoms with Gasteiger partial charge in [0, 0.05) is 0 Å². The van der Waals surface area contributed by atoms with Crippen LogP contribution >= 0.6 is 0 Å². The molecule has 4 N–H and O–H groups in total. The summed E-state index contributed by atoms with van der Waals surface area (Å²) in [5.41, 5.74) is 10.1. The van der Waals surface area contributed by atoms with E-state index in [2.05, 4.69) is 0 Å². The first kappa shape index (κ1) is 5.34. The van der Waals surface area contributed by atoms with Gasteiger partial charge in [0.25, 0.3) is 0 Å². The van der Waals surface area contributed by atoms with E-state index in [4.69, 9.17) is 11.5 Å². The summed E-state index contributed by atoms with van der Waals surface area (Å²) in [7, 11) is 0. The third-order valence-corrected chi connectivity index (χ3v) is 0.440. The molecule has 0 atom stereocenters. The fraction of sp³-hybridized carbons (Fsp3) is 0.500. The molecular weight excluding hydrogens is 76.1 g/mol. The molecule has 0 aliphatic carbocycles. The molecule has 0 saturated heterocycles. The van der Waals surface area contributed by atoms with Gasteiger partial charge in [0.05, 0.1) is 5.82 Å².